The van der Waals surface area contributed by atoms with Crippen LogP contribution in [0.4, 0.5) is 0 Å². The first kappa shape index (κ1) is 20.2. The van der Waals surface area contributed by atoms with Crippen LogP contribution in [0.15, 0.2) is 36.0 Å². The Bertz CT molecular complexity index is 710. The first-order chi connectivity index (χ1) is 13.3. The molecule has 7 atom stereocenters. The fraction of sp³-hybridized carbons (Fsp3) is 0.741. The summed E-state index contributed by atoms with van der Waals surface area (Å²) in [6.45, 7) is 12.1. The summed E-state index contributed by atoms with van der Waals surface area (Å²) in [6.07, 6.45) is 20.2. The Hall–Kier alpha value is -1.11. The molecule has 7 unspecified atom stereocenters. The van der Waals surface area contributed by atoms with Crippen molar-refractivity contribution in [3.8, 4) is 0 Å². The van der Waals surface area contributed by atoms with Crippen LogP contribution in [0, 0.1) is 46.3 Å². The minimum absolute atomic E-state index is 0.138. The monoisotopic (exact) mass is 380 g/mol. The number of hydrogen-bond donors (Lipinski definition) is 0. The van der Waals surface area contributed by atoms with Crippen LogP contribution in [-0.2, 0) is 4.79 Å². The van der Waals surface area contributed by atoms with E-state index in [4.69, 9.17) is 0 Å². The Kier molecular flexibility index (Phi) is 5.26. The lowest BCUT2D eigenvalue weighted by Crippen LogP contribution is -2.50. The molecule has 4 rings (SSSR count). The predicted octanol–water partition coefficient (Wildman–Crippen LogP) is 7.15. The van der Waals surface area contributed by atoms with Crippen LogP contribution in [0.1, 0.15) is 79.6 Å². The summed E-state index contributed by atoms with van der Waals surface area (Å²) in [5.41, 5.74) is 2.07. The zero-order chi connectivity index (χ0) is 20.1. The van der Waals surface area contributed by atoms with Crippen LogP contribution in [0.3, 0.4) is 0 Å². The molecule has 28 heavy (non-hydrogen) atoms. The summed E-state index contributed by atoms with van der Waals surface area (Å²) in [5, 5.41) is 0. The van der Waals surface area contributed by atoms with Gasteiger partial charge in [-0.3, -0.25) is 4.79 Å². The van der Waals surface area contributed by atoms with Crippen LogP contribution in [0.25, 0.3) is 0 Å². The highest BCUT2D eigenvalue weighted by Gasteiger charge is 2.58. The molecular formula is C27H40O. The van der Waals surface area contributed by atoms with Crippen molar-refractivity contribution in [3.05, 3.63) is 36.0 Å². The van der Waals surface area contributed by atoms with E-state index in [0.29, 0.717) is 11.3 Å². The van der Waals surface area contributed by atoms with Crippen molar-refractivity contribution >= 4 is 5.78 Å². The van der Waals surface area contributed by atoms with Crippen LogP contribution in [-0.4, -0.2) is 5.78 Å². The first-order valence-corrected chi connectivity index (χ1v) is 11.9. The lowest BCUT2D eigenvalue weighted by Gasteiger charge is -2.57. The molecule has 0 spiro atoms. The first-order valence-electron chi connectivity index (χ1n) is 11.9. The summed E-state index contributed by atoms with van der Waals surface area (Å²) in [6, 6.07) is 0. The summed E-state index contributed by atoms with van der Waals surface area (Å²) in [4.78, 5) is 11.9. The van der Waals surface area contributed by atoms with Gasteiger partial charge in [-0.05, 0) is 98.0 Å². The number of carbonyl (C=O) groups excluding carboxylic acids is 1. The van der Waals surface area contributed by atoms with Gasteiger partial charge in [-0.15, -0.1) is 0 Å². The highest BCUT2D eigenvalue weighted by molar-refractivity contribution is 6.01. The topological polar surface area (TPSA) is 17.1 Å². The number of carbonyl (C=O) groups is 1. The molecule has 4 aliphatic rings. The summed E-state index contributed by atoms with van der Waals surface area (Å²) in [5.74, 6) is 4.96. The Balaban J connectivity index is 1.54. The maximum Gasteiger partial charge on any atom is 0.178 e. The molecule has 0 N–H and O–H groups in total. The summed E-state index contributed by atoms with van der Waals surface area (Å²) < 4.78 is 0. The molecule has 1 nitrogen and oxygen atoms in total. The van der Waals surface area contributed by atoms with Gasteiger partial charge in [0.1, 0.15) is 0 Å². The summed E-state index contributed by atoms with van der Waals surface area (Å²) >= 11 is 0. The molecule has 154 valence electrons. The fourth-order valence-electron chi connectivity index (χ4n) is 7.80. The molecule has 0 aromatic rings. The normalized spacial score (nSPS) is 43.6. The maximum absolute atomic E-state index is 11.9. The van der Waals surface area contributed by atoms with Crippen molar-refractivity contribution in [3.63, 3.8) is 0 Å². The molecule has 0 radical (unpaired) electrons. The molecule has 0 aliphatic heterocycles. The predicted molar refractivity (Wildman–Crippen MR) is 118 cm³/mol. The van der Waals surface area contributed by atoms with Crippen molar-refractivity contribution in [1.29, 1.82) is 0 Å². The van der Waals surface area contributed by atoms with Crippen LogP contribution in [0.2, 0.25) is 0 Å². The van der Waals surface area contributed by atoms with E-state index >= 15 is 0 Å². The van der Waals surface area contributed by atoms with Crippen molar-refractivity contribution in [2.24, 2.45) is 46.3 Å². The van der Waals surface area contributed by atoms with Gasteiger partial charge in [-0.1, -0.05) is 58.4 Å². The Morgan fingerprint density at radius 1 is 1.11 bits per heavy atom. The molecule has 4 aliphatic carbocycles. The van der Waals surface area contributed by atoms with E-state index in [9.17, 15) is 4.79 Å². The van der Waals surface area contributed by atoms with Gasteiger partial charge in [0.05, 0.1) is 0 Å². The van der Waals surface area contributed by atoms with E-state index in [-0.39, 0.29) is 11.2 Å². The third-order valence-electron chi connectivity index (χ3n) is 9.31. The van der Waals surface area contributed by atoms with Gasteiger partial charge >= 0.3 is 0 Å². The van der Waals surface area contributed by atoms with E-state index in [1.807, 2.05) is 12.2 Å². The molecule has 1 heteroatoms. The van der Waals surface area contributed by atoms with Gasteiger partial charge in [-0.25, -0.2) is 0 Å². The van der Waals surface area contributed by atoms with Crippen LogP contribution >= 0.6 is 0 Å². The van der Waals surface area contributed by atoms with E-state index < -0.39 is 0 Å². The van der Waals surface area contributed by atoms with Crippen LogP contribution in [0.5, 0.6) is 0 Å². The Morgan fingerprint density at radius 2 is 1.89 bits per heavy atom. The largest absolute Gasteiger partial charge is 0.290 e. The average Bonchev–Trinajstić information content (AvgIpc) is 2.99. The van der Waals surface area contributed by atoms with E-state index in [1.165, 1.54) is 44.1 Å². The fourth-order valence-corrected chi connectivity index (χ4v) is 7.80. The van der Waals surface area contributed by atoms with Crippen molar-refractivity contribution in [2.45, 2.75) is 79.6 Å². The zero-order valence-electron chi connectivity index (χ0n) is 18.7. The van der Waals surface area contributed by atoms with Gasteiger partial charge in [-0.2, -0.15) is 0 Å². The number of hydrogen-bond acceptors (Lipinski definition) is 1. The minimum atomic E-state index is 0.138. The SMILES string of the molecule is CC(C)CC=CC(C)C1CCC2C3CCC4=CC(=O)C=CC4(C)C3CCC12C. The second-order valence-electron chi connectivity index (χ2n) is 11.2. The zero-order valence-corrected chi connectivity index (χ0v) is 18.7. The number of ketones is 1. The smallest absolute Gasteiger partial charge is 0.178 e. The second-order valence-corrected chi connectivity index (χ2v) is 11.2. The lowest BCUT2D eigenvalue weighted by atomic mass is 9.47. The molecule has 0 saturated heterocycles. The third kappa shape index (κ3) is 3.17. The molecule has 0 heterocycles. The maximum atomic E-state index is 11.9. The second kappa shape index (κ2) is 7.29. The lowest BCUT2D eigenvalue weighted by molar-refractivity contribution is -0.111. The quantitative estimate of drug-likeness (QED) is 0.473. The van der Waals surface area contributed by atoms with Crippen molar-refractivity contribution < 1.29 is 4.79 Å². The molecular weight excluding hydrogens is 340 g/mol. The highest BCUT2D eigenvalue weighted by atomic mass is 16.1. The Morgan fingerprint density at radius 3 is 2.64 bits per heavy atom. The highest BCUT2D eigenvalue weighted by Crippen LogP contribution is 2.66. The van der Waals surface area contributed by atoms with Gasteiger partial charge in [0.2, 0.25) is 0 Å². The molecule has 3 saturated carbocycles. The molecule has 0 aromatic carbocycles. The Labute approximate surface area is 172 Å². The number of allylic oxidation sites excluding steroid dienone is 6. The number of fused-ring (bicyclic) bond motifs is 5. The van der Waals surface area contributed by atoms with Gasteiger partial charge < -0.3 is 0 Å². The standard InChI is InChI=1S/C27H40O/c1-18(2)7-6-8-19(3)23-11-12-24-22-10-9-20-17-21(28)13-15-26(20,4)25(22)14-16-27(23,24)5/h6,8,13,15,17-19,22-25H,7,9-12,14,16H2,1-5H3. The van der Waals surface area contributed by atoms with Gasteiger partial charge in [0.15, 0.2) is 5.78 Å². The molecule has 0 amide bonds. The van der Waals surface area contributed by atoms with Crippen LogP contribution < -0.4 is 0 Å². The van der Waals surface area contributed by atoms with E-state index in [1.54, 1.807) is 0 Å². The number of rotatable bonds is 4. The van der Waals surface area contributed by atoms with Gasteiger partial charge in [0.25, 0.3) is 0 Å². The molecule has 0 aromatic heterocycles. The minimum Gasteiger partial charge on any atom is -0.290 e. The van der Waals surface area contributed by atoms with E-state index in [2.05, 4.69) is 52.8 Å². The van der Waals surface area contributed by atoms with Gasteiger partial charge in [0, 0.05) is 5.41 Å². The van der Waals surface area contributed by atoms with Crippen molar-refractivity contribution in [1.82, 2.24) is 0 Å². The molecule has 0 bridgehead atoms. The average molecular weight is 381 g/mol. The summed E-state index contributed by atoms with van der Waals surface area (Å²) in [7, 11) is 0. The molecule has 3 fully saturated rings. The third-order valence-corrected chi connectivity index (χ3v) is 9.31. The van der Waals surface area contributed by atoms with Crippen molar-refractivity contribution in [2.75, 3.05) is 0 Å². The van der Waals surface area contributed by atoms with E-state index in [0.717, 1.165) is 36.0 Å².